The second kappa shape index (κ2) is 7.88. The van der Waals surface area contributed by atoms with Crippen LogP contribution < -0.4 is 5.32 Å². The first-order chi connectivity index (χ1) is 8.02. The molecule has 0 aliphatic carbocycles. The Hall–Kier alpha value is -1.31. The molecule has 0 unspecified atom stereocenters. The predicted octanol–water partition coefficient (Wildman–Crippen LogP) is 3.76. The van der Waals surface area contributed by atoms with Gasteiger partial charge in [-0.25, -0.2) is 0 Å². The molecule has 0 aromatic rings. The molecule has 0 atom stereocenters. The van der Waals surface area contributed by atoms with Gasteiger partial charge in [0.15, 0.2) is 0 Å². The van der Waals surface area contributed by atoms with E-state index in [1.807, 2.05) is 0 Å². The number of allylic oxidation sites excluding steroid dienone is 2. The molecule has 0 radical (unpaired) electrons. The SMILES string of the molecule is C=C/C=C(\C=C)C(=O)NC(C)(CCC)CCC. The third kappa shape index (κ3) is 5.53. The molecule has 0 fully saturated rings. The van der Waals surface area contributed by atoms with Crippen molar-refractivity contribution in [1.29, 1.82) is 0 Å². The van der Waals surface area contributed by atoms with Gasteiger partial charge in [0.2, 0.25) is 0 Å². The lowest BCUT2D eigenvalue weighted by Crippen LogP contribution is -2.46. The van der Waals surface area contributed by atoms with Gasteiger partial charge in [-0.1, -0.05) is 58.1 Å². The van der Waals surface area contributed by atoms with Crippen molar-refractivity contribution in [2.24, 2.45) is 0 Å². The fourth-order valence-electron chi connectivity index (χ4n) is 2.06. The van der Waals surface area contributed by atoms with Gasteiger partial charge in [0.05, 0.1) is 0 Å². The molecule has 0 heterocycles. The zero-order valence-electron chi connectivity index (χ0n) is 11.4. The van der Waals surface area contributed by atoms with E-state index >= 15 is 0 Å². The van der Waals surface area contributed by atoms with Crippen molar-refractivity contribution >= 4 is 5.91 Å². The molecule has 0 rings (SSSR count). The Labute approximate surface area is 105 Å². The number of hydrogen-bond donors (Lipinski definition) is 1. The van der Waals surface area contributed by atoms with Crippen LogP contribution in [0.4, 0.5) is 0 Å². The largest absolute Gasteiger partial charge is 0.347 e. The van der Waals surface area contributed by atoms with Crippen molar-refractivity contribution in [2.45, 2.75) is 52.0 Å². The fraction of sp³-hybridized carbons (Fsp3) is 0.533. The zero-order valence-corrected chi connectivity index (χ0v) is 11.4. The van der Waals surface area contributed by atoms with Crippen LogP contribution in [0.2, 0.25) is 0 Å². The van der Waals surface area contributed by atoms with Crippen LogP contribution in [-0.2, 0) is 4.79 Å². The molecular weight excluding hydrogens is 210 g/mol. The molecule has 0 saturated heterocycles. The van der Waals surface area contributed by atoms with Gasteiger partial charge in [-0.05, 0) is 19.8 Å². The summed E-state index contributed by atoms with van der Waals surface area (Å²) in [6.07, 6.45) is 8.95. The first-order valence-electron chi connectivity index (χ1n) is 6.30. The fourth-order valence-corrected chi connectivity index (χ4v) is 2.06. The van der Waals surface area contributed by atoms with Gasteiger partial charge in [0, 0.05) is 11.1 Å². The summed E-state index contributed by atoms with van der Waals surface area (Å²) in [6.45, 7) is 13.6. The maximum Gasteiger partial charge on any atom is 0.251 e. The highest BCUT2D eigenvalue weighted by Gasteiger charge is 2.24. The van der Waals surface area contributed by atoms with Crippen LogP contribution in [0.15, 0.2) is 37.0 Å². The third-order valence-corrected chi connectivity index (χ3v) is 2.80. The number of hydrogen-bond acceptors (Lipinski definition) is 1. The molecule has 1 N–H and O–H groups in total. The normalized spacial score (nSPS) is 12.1. The first-order valence-corrected chi connectivity index (χ1v) is 6.30. The Morgan fingerprint density at radius 2 is 1.76 bits per heavy atom. The van der Waals surface area contributed by atoms with Gasteiger partial charge in [0.25, 0.3) is 5.91 Å². The molecule has 0 spiro atoms. The molecular formula is C15H25NO. The van der Waals surface area contributed by atoms with Gasteiger partial charge in [0.1, 0.15) is 0 Å². The minimum atomic E-state index is -0.121. The number of amides is 1. The molecule has 0 bridgehead atoms. The summed E-state index contributed by atoms with van der Waals surface area (Å²) in [5.74, 6) is -0.0655. The van der Waals surface area contributed by atoms with Crippen molar-refractivity contribution in [3.63, 3.8) is 0 Å². The highest BCUT2D eigenvalue weighted by atomic mass is 16.1. The molecule has 2 nitrogen and oxygen atoms in total. The Balaban J connectivity index is 4.75. The Morgan fingerprint density at radius 1 is 1.24 bits per heavy atom. The van der Waals surface area contributed by atoms with Gasteiger partial charge in [-0.15, -0.1) is 0 Å². The van der Waals surface area contributed by atoms with Gasteiger partial charge in [-0.2, -0.15) is 0 Å². The van der Waals surface area contributed by atoms with Crippen LogP contribution in [0.5, 0.6) is 0 Å². The van der Waals surface area contributed by atoms with Gasteiger partial charge in [-0.3, -0.25) is 4.79 Å². The Kier molecular flexibility index (Phi) is 7.27. The van der Waals surface area contributed by atoms with E-state index in [4.69, 9.17) is 0 Å². The predicted molar refractivity (Wildman–Crippen MR) is 74.8 cm³/mol. The average molecular weight is 235 g/mol. The highest BCUT2D eigenvalue weighted by molar-refractivity contribution is 5.96. The van der Waals surface area contributed by atoms with Crippen molar-refractivity contribution < 1.29 is 4.79 Å². The minimum Gasteiger partial charge on any atom is -0.347 e. The minimum absolute atomic E-state index is 0.0655. The lowest BCUT2D eigenvalue weighted by Gasteiger charge is -2.30. The van der Waals surface area contributed by atoms with E-state index in [9.17, 15) is 4.79 Å². The van der Waals surface area contributed by atoms with Crippen molar-refractivity contribution in [2.75, 3.05) is 0 Å². The van der Waals surface area contributed by atoms with Crippen molar-refractivity contribution in [3.8, 4) is 0 Å². The molecule has 0 aromatic heterocycles. The monoisotopic (exact) mass is 235 g/mol. The molecule has 1 amide bonds. The molecule has 0 aliphatic rings. The Morgan fingerprint density at radius 3 is 2.12 bits per heavy atom. The van der Waals surface area contributed by atoms with Crippen LogP contribution in [0.3, 0.4) is 0 Å². The van der Waals surface area contributed by atoms with Crippen molar-refractivity contribution in [1.82, 2.24) is 5.32 Å². The number of rotatable bonds is 8. The second-order valence-corrected chi connectivity index (χ2v) is 4.58. The van der Waals surface area contributed by atoms with E-state index in [-0.39, 0.29) is 11.4 Å². The standard InChI is InChI=1S/C15H25NO/c1-6-10-13(9-4)14(17)16-15(5,11-7-2)12-8-3/h6,9-10H,1,4,7-8,11-12H2,2-3,5H3,(H,16,17)/b13-10+. The maximum atomic E-state index is 12.0. The lowest BCUT2D eigenvalue weighted by atomic mass is 9.90. The maximum absolute atomic E-state index is 12.0. The van der Waals surface area contributed by atoms with Crippen LogP contribution in [0, 0.1) is 0 Å². The van der Waals surface area contributed by atoms with Crippen molar-refractivity contribution in [3.05, 3.63) is 37.0 Å². The molecule has 17 heavy (non-hydrogen) atoms. The number of nitrogens with one attached hydrogen (secondary N) is 1. The average Bonchev–Trinajstić information content (AvgIpc) is 2.25. The van der Waals surface area contributed by atoms with Crippen LogP contribution in [0.25, 0.3) is 0 Å². The van der Waals surface area contributed by atoms with E-state index in [2.05, 4.69) is 39.2 Å². The van der Waals surface area contributed by atoms with E-state index in [1.54, 1.807) is 18.2 Å². The summed E-state index contributed by atoms with van der Waals surface area (Å²) in [5, 5.41) is 3.10. The number of carbonyl (C=O) groups excluding carboxylic acids is 1. The topological polar surface area (TPSA) is 29.1 Å². The highest BCUT2D eigenvalue weighted by Crippen LogP contribution is 2.19. The molecule has 0 aromatic carbocycles. The molecule has 96 valence electrons. The van der Waals surface area contributed by atoms with E-state index in [0.29, 0.717) is 5.57 Å². The smallest absolute Gasteiger partial charge is 0.251 e. The third-order valence-electron chi connectivity index (χ3n) is 2.80. The molecule has 2 heteroatoms. The number of carbonyl (C=O) groups is 1. The second-order valence-electron chi connectivity index (χ2n) is 4.58. The van der Waals surface area contributed by atoms with Gasteiger partial charge >= 0.3 is 0 Å². The van der Waals surface area contributed by atoms with E-state index < -0.39 is 0 Å². The van der Waals surface area contributed by atoms with Crippen LogP contribution in [0.1, 0.15) is 46.5 Å². The van der Waals surface area contributed by atoms with E-state index in [0.717, 1.165) is 25.7 Å². The summed E-state index contributed by atoms with van der Waals surface area (Å²) in [5.41, 5.74) is 0.447. The first kappa shape index (κ1) is 15.7. The van der Waals surface area contributed by atoms with Crippen LogP contribution in [-0.4, -0.2) is 11.4 Å². The lowest BCUT2D eigenvalue weighted by molar-refractivity contribution is -0.119. The summed E-state index contributed by atoms with van der Waals surface area (Å²) in [6, 6.07) is 0. The summed E-state index contributed by atoms with van der Waals surface area (Å²) < 4.78 is 0. The molecule has 0 aliphatic heterocycles. The summed E-state index contributed by atoms with van der Waals surface area (Å²) in [7, 11) is 0. The quantitative estimate of drug-likeness (QED) is 0.503. The van der Waals surface area contributed by atoms with E-state index in [1.165, 1.54) is 0 Å². The zero-order chi connectivity index (χ0) is 13.3. The Bertz CT molecular complexity index is 296. The van der Waals surface area contributed by atoms with Gasteiger partial charge < -0.3 is 5.32 Å². The molecule has 0 saturated carbocycles. The summed E-state index contributed by atoms with van der Waals surface area (Å²) >= 11 is 0. The summed E-state index contributed by atoms with van der Waals surface area (Å²) in [4.78, 5) is 12.0. The van der Waals surface area contributed by atoms with Crippen LogP contribution >= 0.6 is 0 Å².